The summed E-state index contributed by atoms with van der Waals surface area (Å²) < 4.78 is 0. The van der Waals surface area contributed by atoms with Crippen LogP contribution in [0.2, 0.25) is 0 Å². The average molecular weight is 265 g/mol. The molecule has 98 valence electrons. The topological polar surface area (TPSA) is 54.0 Å². The van der Waals surface area contributed by atoms with Crippen LogP contribution in [0.4, 0.5) is 5.69 Å². The lowest BCUT2D eigenvalue weighted by Gasteiger charge is -2.21. The minimum absolute atomic E-state index is 0.0645. The van der Waals surface area contributed by atoms with Crippen LogP contribution in [-0.4, -0.2) is 35.0 Å². The Hall–Kier alpha value is -1.07. The van der Waals surface area contributed by atoms with E-state index in [0.29, 0.717) is 11.0 Å². The van der Waals surface area contributed by atoms with Gasteiger partial charge in [0.15, 0.2) is 0 Å². The van der Waals surface area contributed by atoms with Crippen LogP contribution in [-0.2, 0) is 4.79 Å². The Bertz CT molecular complexity index is 405. The fraction of sp³-hybridized carbons (Fsp3) is 0.538. The van der Waals surface area contributed by atoms with E-state index in [-0.39, 0.29) is 5.91 Å². The Balaban J connectivity index is 1.76. The van der Waals surface area contributed by atoms with Gasteiger partial charge in [0.2, 0.25) is 5.91 Å². The van der Waals surface area contributed by atoms with Crippen LogP contribution >= 0.6 is 11.8 Å². The lowest BCUT2D eigenvalue weighted by Crippen LogP contribution is -2.30. The molecule has 0 radical (unpaired) electrons. The van der Waals surface area contributed by atoms with Crippen molar-refractivity contribution in [2.45, 2.75) is 25.0 Å². The van der Waals surface area contributed by atoms with Crippen molar-refractivity contribution in [1.82, 2.24) is 10.3 Å². The molecule has 0 bridgehead atoms. The highest BCUT2D eigenvalue weighted by molar-refractivity contribution is 8.00. The maximum atomic E-state index is 11.8. The standard InChI is InChI=1S/C13H19N3OS/c1-10-2-5-15-8-12(10)16-13(17)9-18-11-3-6-14-7-4-11/h2,5,8,11,14H,3-4,6-7,9H2,1H3,(H,16,17). The van der Waals surface area contributed by atoms with Crippen molar-refractivity contribution in [1.29, 1.82) is 0 Å². The van der Waals surface area contributed by atoms with Gasteiger partial charge >= 0.3 is 0 Å². The Morgan fingerprint density at radius 2 is 2.33 bits per heavy atom. The summed E-state index contributed by atoms with van der Waals surface area (Å²) in [6, 6.07) is 1.90. The highest BCUT2D eigenvalue weighted by Gasteiger charge is 2.15. The van der Waals surface area contributed by atoms with E-state index in [2.05, 4.69) is 15.6 Å². The van der Waals surface area contributed by atoms with Gasteiger partial charge in [-0.15, -0.1) is 11.8 Å². The molecule has 1 aromatic rings. The molecular formula is C13H19N3OS. The zero-order chi connectivity index (χ0) is 12.8. The van der Waals surface area contributed by atoms with Gasteiger partial charge in [0.25, 0.3) is 0 Å². The Labute approximate surface area is 112 Å². The van der Waals surface area contributed by atoms with Gasteiger partial charge in [-0.05, 0) is 44.5 Å². The summed E-state index contributed by atoms with van der Waals surface area (Å²) in [5, 5.41) is 6.86. The summed E-state index contributed by atoms with van der Waals surface area (Å²) in [4.78, 5) is 15.9. The summed E-state index contributed by atoms with van der Waals surface area (Å²) in [5.74, 6) is 0.591. The zero-order valence-corrected chi connectivity index (χ0v) is 11.4. The van der Waals surface area contributed by atoms with Gasteiger partial charge < -0.3 is 10.6 Å². The molecule has 0 atom stereocenters. The first-order chi connectivity index (χ1) is 8.75. The molecule has 1 aliphatic heterocycles. The first-order valence-corrected chi connectivity index (χ1v) is 7.33. The van der Waals surface area contributed by atoms with Crippen LogP contribution in [0.3, 0.4) is 0 Å². The fourth-order valence-corrected chi connectivity index (χ4v) is 2.97. The predicted molar refractivity (Wildman–Crippen MR) is 76.0 cm³/mol. The number of hydrogen-bond donors (Lipinski definition) is 2. The van der Waals surface area contributed by atoms with Gasteiger partial charge in [-0.2, -0.15) is 0 Å². The molecule has 1 fully saturated rings. The number of aryl methyl sites for hydroxylation is 1. The highest BCUT2D eigenvalue weighted by atomic mass is 32.2. The SMILES string of the molecule is Cc1ccncc1NC(=O)CSC1CCNCC1. The number of rotatable bonds is 4. The van der Waals surface area contributed by atoms with Crippen LogP contribution in [0.1, 0.15) is 18.4 Å². The van der Waals surface area contributed by atoms with Crippen molar-refractivity contribution in [3.8, 4) is 0 Å². The summed E-state index contributed by atoms with van der Waals surface area (Å²) in [6.45, 7) is 4.11. The van der Waals surface area contributed by atoms with Gasteiger partial charge in [-0.3, -0.25) is 9.78 Å². The third kappa shape index (κ3) is 3.99. The number of anilines is 1. The van der Waals surface area contributed by atoms with E-state index in [1.165, 1.54) is 0 Å². The van der Waals surface area contributed by atoms with Crippen LogP contribution in [0.5, 0.6) is 0 Å². The quantitative estimate of drug-likeness (QED) is 0.872. The first kappa shape index (κ1) is 13.4. The normalized spacial score (nSPS) is 16.5. The van der Waals surface area contributed by atoms with Crippen molar-refractivity contribution < 1.29 is 4.79 Å². The molecule has 2 rings (SSSR count). The number of nitrogens with one attached hydrogen (secondary N) is 2. The summed E-state index contributed by atoms with van der Waals surface area (Å²) in [5.41, 5.74) is 1.86. The van der Waals surface area contributed by atoms with Gasteiger partial charge in [-0.1, -0.05) is 0 Å². The molecule has 2 N–H and O–H groups in total. The third-order valence-electron chi connectivity index (χ3n) is 3.05. The molecule has 0 aliphatic carbocycles. The van der Waals surface area contributed by atoms with Crippen LogP contribution in [0.15, 0.2) is 18.5 Å². The van der Waals surface area contributed by atoms with E-state index in [9.17, 15) is 4.79 Å². The van der Waals surface area contributed by atoms with Crippen LogP contribution in [0, 0.1) is 6.92 Å². The Morgan fingerprint density at radius 1 is 1.56 bits per heavy atom. The molecule has 0 unspecified atom stereocenters. The van der Waals surface area contributed by atoms with E-state index in [0.717, 1.165) is 37.2 Å². The second kappa shape index (κ2) is 6.75. The monoisotopic (exact) mass is 265 g/mol. The van der Waals surface area contributed by atoms with Crippen molar-refractivity contribution in [3.05, 3.63) is 24.0 Å². The molecule has 1 aliphatic rings. The molecule has 1 amide bonds. The smallest absolute Gasteiger partial charge is 0.234 e. The molecule has 2 heterocycles. The number of piperidine rings is 1. The molecule has 4 nitrogen and oxygen atoms in total. The lowest BCUT2D eigenvalue weighted by molar-refractivity contribution is -0.113. The van der Waals surface area contributed by atoms with Crippen molar-refractivity contribution in [2.24, 2.45) is 0 Å². The number of carbonyl (C=O) groups is 1. The number of hydrogen-bond acceptors (Lipinski definition) is 4. The summed E-state index contributed by atoms with van der Waals surface area (Å²) >= 11 is 1.76. The maximum Gasteiger partial charge on any atom is 0.234 e. The molecule has 1 saturated heterocycles. The van der Waals surface area contributed by atoms with Crippen LogP contribution in [0.25, 0.3) is 0 Å². The van der Waals surface area contributed by atoms with Crippen molar-refractivity contribution in [3.63, 3.8) is 0 Å². The lowest BCUT2D eigenvalue weighted by atomic mass is 10.2. The minimum atomic E-state index is 0.0645. The number of aromatic nitrogens is 1. The van der Waals surface area contributed by atoms with Crippen molar-refractivity contribution >= 4 is 23.4 Å². The maximum absolute atomic E-state index is 11.8. The molecule has 0 spiro atoms. The van der Waals surface area contributed by atoms with Crippen molar-refractivity contribution in [2.75, 3.05) is 24.2 Å². The van der Waals surface area contributed by atoms with Gasteiger partial charge in [0.05, 0.1) is 17.6 Å². The van der Waals surface area contributed by atoms with Gasteiger partial charge in [0.1, 0.15) is 0 Å². The molecule has 18 heavy (non-hydrogen) atoms. The fourth-order valence-electron chi connectivity index (χ4n) is 1.94. The first-order valence-electron chi connectivity index (χ1n) is 6.28. The third-order valence-corrected chi connectivity index (χ3v) is 4.42. The molecule has 0 aromatic carbocycles. The number of nitrogens with zero attached hydrogens (tertiary/aromatic N) is 1. The van der Waals surface area contributed by atoms with Gasteiger partial charge in [0, 0.05) is 11.4 Å². The number of thioether (sulfide) groups is 1. The second-order valence-corrected chi connectivity index (χ2v) is 5.79. The Morgan fingerprint density at radius 3 is 3.06 bits per heavy atom. The van der Waals surface area contributed by atoms with E-state index in [4.69, 9.17) is 0 Å². The number of carbonyl (C=O) groups excluding carboxylic acids is 1. The molecular weight excluding hydrogens is 246 g/mol. The van der Waals surface area contributed by atoms with E-state index in [1.807, 2.05) is 13.0 Å². The number of pyridine rings is 1. The molecule has 1 aromatic heterocycles. The van der Waals surface area contributed by atoms with E-state index in [1.54, 1.807) is 24.2 Å². The molecule has 0 saturated carbocycles. The van der Waals surface area contributed by atoms with Gasteiger partial charge in [-0.25, -0.2) is 0 Å². The number of amides is 1. The van der Waals surface area contributed by atoms with Crippen LogP contribution < -0.4 is 10.6 Å². The van der Waals surface area contributed by atoms with E-state index >= 15 is 0 Å². The minimum Gasteiger partial charge on any atom is -0.324 e. The largest absolute Gasteiger partial charge is 0.324 e. The summed E-state index contributed by atoms with van der Waals surface area (Å²) in [6.07, 6.45) is 5.74. The molecule has 5 heteroatoms. The second-order valence-electron chi connectivity index (χ2n) is 4.50. The average Bonchev–Trinajstić information content (AvgIpc) is 2.40. The van der Waals surface area contributed by atoms with E-state index < -0.39 is 0 Å². The zero-order valence-electron chi connectivity index (χ0n) is 10.6. The Kier molecular flexibility index (Phi) is 5.01. The highest BCUT2D eigenvalue weighted by Crippen LogP contribution is 2.20. The predicted octanol–water partition coefficient (Wildman–Crippen LogP) is 1.81. The summed E-state index contributed by atoms with van der Waals surface area (Å²) in [7, 11) is 0.